The Morgan fingerprint density at radius 2 is 1.94 bits per heavy atom. The second-order valence-corrected chi connectivity index (χ2v) is 4.52. The van der Waals surface area contributed by atoms with Crippen LogP contribution in [0.2, 0.25) is 0 Å². The zero-order chi connectivity index (χ0) is 11.2. The van der Waals surface area contributed by atoms with Crippen molar-refractivity contribution < 1.29 is 4.79 Å². The van der Waals surface area contributed by atoms with Crippen molar-refractivity contribution in [3.05, 3.63) is 35.9 Å². The van der Waals surface area contributed by atoms with Gasteiger partial charge < -0.3 is 0 Å². The topological polar surface area (TPSA) is 29.4 Å². The van der Waals surface area contributed by atoms with E-state index in [1.807, 2.05) is 6.07 Å². The Kier molecular flexibility index (Phi) is 3.90. The lowest BCUT2D eigenvalue weighted by Gasteiger charge is -2.27. The number of hydrogen-bond donors (Lipinski definition) is 0. The molecule has 1 aliphatic carbocycles. The van der Waals surface area contributed by atoms with Crippen molar-refractivity contribution in [2.75, 3.05) is 0 Å². The summed E-state index contributed by atoms with van der Waals surface area (Å²) in [6.45, 7) is 0. The number of nitrogens with zero attached hydrogens (tertiary/aromatic N) is 1. The highest BCUT2D eigenvalue weighted by Crippen LogP contribution is 2.29. The van der Waals surface area contributed by atoms with Crippen molar-refractivity contribution in [3.8, 4) is 0 Å². The van der Waals surface area contributed by atoms with Gasteiger partial charge in [-0.1, -0.05) is 43.2 Å². The van der Waals surface area contributed by atoms with E-state index in [4.69, 9.17) is 0 Å². The van der Waals surface area contributed by atoms with Crippen molar-refractivity contribution >= 4 is 6.08 Å². The number of carbonyl (C=O) groups excluding carboxylic acids is 1. The molecule has 0 aromatic heterocycles. The van der Waals surface area contributed by atoms with Gasteiger partial charge in [-0.05, 0) is 30.7 Å². The van der Waals surface area contributed by atoms with E-state index in [1.165, 1.54) is 24.8 Å². The van der Waals surface area contributed by atoms with Gasteiger partial charge in [-0.15, -0.1) is 0 Å². The van der Waals surface area contributed by atoms with E-state index in [2.05, 4.69) is 29.3 Å². The smallest absolute Gasteiger partial charge is 0.211 e. The van der Waals surface area contributed by atoms with Crippen LogP contribution in [0.1, 0.15) is 31.2 Å². The molecule has 1 aromatic carbocycles. The van der Waals surface area contributed by atoms with Gasteiger partial charge in [0.25, 0.3) is 0 Å². The summed E-state index contributed by atoms with van der Waals surface area (Å²) in [6, 6.07) is 10.7. The quantitative estimate of drug-likeness (QED) is 0.562. The summed E-state index contributed by atoms with van der Waals surface area (Å²) in [6.07, 6.45) is 7.46. The molecule has 16 heavy (non-hydrogen) atoms. The van der Waals surface area contributed by atoms with Gasteiger partial charge in [0.05, 0.1) is 6.04 Å². The van der Waals surface area contributed by atoms with Crippen LogP contribution in [-0.2, 0) is 11.2 Å². The maximum Gasteiger partial charge on any atom is 0.235 e. The number of isocyanates is 1. The molecule has 0 aliphatic heterocycles. The van der Waals surface area contributed by atoms with Gasteiger partial charge >= 0.3 is 0 Å². The molecular weight excluding hydrogens is 198 g/mol. The zero-order valence-corrected chi connectivity index (χ0v) is 9.43. The highest BCUT2D eigenvalue weighted by molar-refractivity contribution is 5.33. The first-order chi connectivity index (χ1) is 7.90. The molecule has 1 saturated carbocycles. The van der Waals surface area contributed by atoms with Gasteiger partial charge in [0.1, 0.15) is 0 Å². The van der Waals surface area contributed by atoms with E-state index in [1.54, 1.807) is 6.08 Å². The summed E-state index contributed by atoms with van der Waals surface area (Å²) in [5.41, 5.74) is 1.35. The highest BCUT2D eigenvalue weighted by atomic mass is 16.1. The Hall–Kier alpha value is -1.40. The Morgan fingerprint density at radius 3 is 2.69 bits per heavy atom. The van der Waals surface area contributed by atoms with Gasteiger partial charge in [-0.2, -0.15) is 0 Å². The summed E-state index contributed by atoms with van der Waals surface area (Å²) in [4.78, 5) is 14.3. The molecule has 2 heteroatoms. The molecule has 2 rings (SSSR count). The van der Waals surface area contributed by atoms with Gasteiger partial charge in [-0.25, -0.2) is 9.79 Å². The lowest BCUT2D eigenvalue weighted by Crippen LogP contribution is -2.24. The van der Waals surface area contributed by atoms with Crippen LogP contribution in [0, 0.1) is 5.92 Å². The number of benzene rings is 1. The molecule has 0 bridgehead atoms. The predicted molar refractivity (Wildman–Crippen MR) is 64.0 cm³/mol. The zero-order valence-electron chi connectivity index (χ0n) is 9.43. The molecule has 0 amide bonds. The molecule has 0 radical (unpaired) electrons. The average molecular weight is 215 g/mol. The normalized spacial score (nSPS) is 24.8. The second kappa shape index (κ2) is 5.62. The summed E-state index contributed by atoms with van der Waals surface area (Å²) < 4.78 is 0. The highest BCUT2D eigenvalue weighted by Gasteiger charge is 2.24. The van der Waals surface area contributed by atoms with Crippen molar-refractivity contribution in [2.24, 2.45) is 10.9 Å². The standard InChI is InChI=1S/C14H17NO/c16-11-15-14-9-5-4-8-13(14)10-12-6-2-1-3-7-12/h1-3,6-7,13-14H,4-5,8-10H2. The van der Waals surface area contributed by atoms with Gasteiger partial charge in [0, 0.05) is 0 Å². The lowest BCUT2D eigenvalue weighted by atomic mass is 9.81. The van der Waals surface area contributed by atoms with E-state index in [0.717, 1.165) is 12.8 Å². The molecule has 2 unspecified atom stereocenters. The fourth-order valence-electron chi connectivity index (χ4n) is 2.58. The van der Waals surface area contributed by atoms with Crippen LogP contribution in [0.25, 0.3) is 0 Å². The fraction of sp³-hybridized carbons (Fsp3) is 0.500. The second-order valence-electron chi connectivity index (χ2n) is 4.52. The first kappa shape index (κ1) is 11.1. The average Bonchev–Trinajstić information content (AvgIpc) is 2.33. The largest absolute Gasteiger partial charge is 0.235 e. The summed E-state index contributed by atoms with van der Waals surface area (Å²) in [5, 5.41) is 0. The molecule has 0 N–H and O–H groups in total. The van der Waals surface area contributed by atoms with Crippen molar-refractivity contribution in [1.82, 2.24) is 0 Å². The maximum absolute atomic E-state index is 10.4. The SMILES string of the molecule is O=C=NC1CCCCC1Cc1ccccc1. The molecule has 2 nitrogen and oxygen atoms in total. The Balaban J connectivity index is 2.04. The molecule has 1 aromatic rings. The molecule has 0 saturated heterocycles. The monoisotopic (exact) mass is 215 g/mol. The Morgan fingerprint density at radius 1 is 1.19 bits per heavy atom. The van der Waals surface area contributed by atoms with Crippen molar-refractivity contribution in [3.63, 3.8) is 0 Å². The molecule has 84 valence electrons. The number of rotatable bonds is 3. The lowest BCUT2D eigenvalue weighted by molar-refractivity contribution is 0.307. The van der Waals surface area contributed by atoms with Crippen LogP contribution in [0.15, 0.2) is 35.3 Å². The molecule has 1 fully saturated rings. The van der Waals surface area contributed by atoms with Crippen molar-refractivity contribution in [2.45, 2.75) is 38.1 Å². The van der Waals surface area contributed by atoms with Crippen LogP contribution in [-0.4, -0.2) is 12.1 Å². The molecule has 2 atom stereocenters. The summed E-state index contributed by atoms with van der Waals surface area (Å²) in [7, 11) is 0. The maximum atomic E-state index is 10.4. The predicted octanol–water partition coefficient (Wildman–Crippen LogP) is 3.12. The van der Waals surface area contributed by atoms with Crippen LogP contribution in [0.3, 0.4) is 0 Å². The van der Waals surface area contributed by atoms with Crippen LogP contribution in [0.4, 0.5) is 0 Å². The van der Waals surface area contributed by atoms with E-state index >= 15 is 0 Å². The van der Waals surface area contributed by atoms with Crippen molar-refractivity contribution in [1.29, 1.82) is 0 Å². The summed E-state index contributed by atoms with van der Waals surface area (Å²) in [5.74, 6) is 0.526. The number of aliphatic imine (C=N–C) groups is 1. The third kappa shape index (κ3) is 2.80. The third-order valence-corrected chi connectivity index (χ3v) is 3.43. The van der Waals surface area contributed by atoms with E-state index in [0.29, 0.717) is 5.92 Å². The minimum Gasteiger partial charge on any atom is -0.211 e. The van der Waals surface area contributed by atoms with Gasteiger partial charge in [-0.3, -0.25) is 0 Å². The Bertz CT molecular complexity index is 368. The third-order valence-electron chi connectivity index (χ3n) is 3.43. The van der Waals surface area contributed by atoms with Gasteiger partial charge in [0.2, 0.25) is 6.08 Å². The van der Waals surface area contributed by atoms with E-state index in [-0.39, 0.29) is 6.04 Å². The Labute approximate surface area is 96.4 Å². The van der Waals surface area contributed by atoms with E-state index in [9.17, 15) is 4.79 Å². The minimum absolute atomic E-state index is 0.200. The molecule has 1 aliphatic rings. The van der Waals surface area contributed by atoms with Crippen LogP contribution >= 0.6 is 0 Å². The first-order valence-corrected chi connectivity index (χ1v) is 6.01. The fourth-order valence-corrected chi connectivity index (χ4v) is 2.58. The molecule has 0 heterocycles. The minimum atomic E-state index is 0.200. The first-order valence-electron chi connectivity index (χ1n) is 6.01. The molecule has 0 spiro atoms. The van der Waals surface area contributed by atoms with Crippen LogP contribution < -0.4 is 0 Å². The van der Waals surface area contributed by atoms with E-state index < -0.39 is 0 Å². The van der Waals surface area contributed by atoms with Gasteiger partial charge in [0.15, 0.2) is 0 Å². The number of hydrogen-bond acceptors (Lipinski definition) is 2. The summed E-state index contributed by atoms with van der Waals surface area (Å²) >= 11 is 0. The van der Waals surface area contributed by atoms with Crippen LogP contribution in [0.5, 0.6) is 0 Å². The molecular formula is C14H17NO.